The topological polar surface area (TPSA) is 194 Å². The van der Waals surface area contributed by atoms with Crippen LogP contribution in [0.2, 0.25) is 5.02 Å². The molecule has 1 aromatic rings. The third-order valence-corrected chi connectivity index (χ3v) is 13.2. The van der Waals surface area contributed by atoms with Crippen LogP contribution in [0.4, 0.5) is 10.5 Å². The van der Waals surface area contributed by atoms with Gasteiger partial charge in [0, 0.05) is 52.1 Å². The van der Waals surface area contributed by atoms with Gasteiger partial charge in [-0.25, -0.2) is 9.59 Å². The van der Waals surface area contributed by atoms with Crippen molar-refractivity contribution in [2.75, 3.05) is 52.1 Å². The highest BCUT2D eigenvalue weighted by atomic mass is 35.5. The van der Waals surface area contributed by atoms with Crippen LogP contribution in [0.3, 0.4) is 0 Å². The van der Waals surface area contributed by atoms with Crippen LogP contribution in [0.15, 0.2) is 35.9 Å². The number of likely N-dealkylation sites (N-methyl/N-ethyl adjacent to an activating group) is 1. The molecular formula is C41H55ClN4O12S. The summed E-state index contributed by atoms with van der Waals surface area (Å²) in [5, 5.41) is 11.6. The Bertz CT molecular complexity index is 1860. The van der Waals surface area contributed by atoms with Gasteiger partial charge in [-0.05, 0) is 44.9 Å². The van der Waals surface area contributed by atoms with Crippen molar-refractivity contribution in [2.45, 2.75) is 107 Å². The van der Waals surface area contributed by atoms with Gasteiger partial charge in [0.25, 0.3) is 0 Å². The van der Waals surface area contributed by atoms with E-state index < -0.39 is 83.1 Å². The fourth-order valence-corrected chi connectivity index (χ4v) is 9.17. The molecule has 0 radical (unpaired) electrons. The molecular weight excluding hydrogens is 808 g/mol. The van der Waals surface area contributed by atoms with E-state index in [1.54, 1.807) is 33.2 Å². The van der Waals surface area contributed by atoms with E-state index >= 15 is 0 Å². The predicted molar refractivity (Wildman–Crippen MR) is 219 cm³/mol. The molecule has 324 valence electrons. The molecule has 16 nitrogen and oxygen atoms in total. The Kier molecular flexibility index (Phi) is 15.2. The van der Waals surface area contributed by atoms with Crippen molar-refractivity contribution >= 4 is 64.7 Å². The first-order valence-electron chi connectivity index (χ1n) is 19.6. The highest BCUT2D eigenvalue weighted by molar-refractivity contribution is 8.00. The summed E-state index contributed by atoms with van der Waals surface area (Å²) in [5.74, 6) is -2.21. The van der Waals surface area contributed by atoms with E-state index in [0.29, 0.717) is 24.3 Å². The van der Waals surface area contributed by atoms with Crippen molar-refractivity contribution in [3.8, 4) is 5.75 Å². The molecule has 4 aliphatic heterocycles. The number of halogens is 1. The number of benzene rings is 1. The molecule has 3 fully saturated rings. The number of ether oxygens (including phenoxy) is 5. The lowest BCUT2D eigenvalue weighted by atomic mass is 9.84. The highest BCUT2D eigenvalue weighted by Crippen LogP contribution is 2.49. The number of alkyl carbamates (subject to hydrolysis) is 1. The van der Waals surface area contributed by atoms with Crippen LogP contribution in [0.1, 0.15) is 58.9 Å². The Morgan fingerprint density at radius 3 is 2.58 bits per heavy atom. The number of amides is 5. The van der Waals surface area contributed by atoms with Crippen molar-refractivity contribution in [1.29, 1.82) is 0 Å². The van der Waals surface area contributed by atoms with E-state index in [4.69, 9.17) is 35.3 Å². The van der Waals surface area contributed by atoms with Gasteiger partial charge in [0.15, 0.2) is 0 Å². The zero-order valence-corrected chi connectivity index (χ0v) is 36.3. The molecule has 0 aliphatic carbocycles. The number of hydrogen-bond acceptors (Lipinski definition) is 13. The summed E-state index contributed by atoms with van der Waals surface area (Å²) in [6.45, 7) is 6.68. The summed E-state index contributed by atoms with van der Waals surface area (Å²) in [4.78, 5) is 82.6. The molecule has 4 heterocycles. The molecule has 0 aromatic heterocycles. The van der Waals surface area contributed by atoms with Crippen LogP contribution in [-0.2, 0) is 49.3 Å². The molecule has 2 N–H and O–H groups in total. The first-order chi connectivity index (χ1) is 27.9. The number of anilines is 1. The second-order valence-corrected chi connectivity index (χ2v) is 17.3. The number of aliphatic hydroxyl groups excluding tert-OH is 1. The fourth-order valence-electron chi connectivity index (χ4n) is 7.75. The minimum Gasteiger partial charge on any atom is -0.495 e. The third kappa shape index (κ3) is 10.4. The van der Waals surface area contributed by atoms with E-state index in [0.717, 1.165) is 16.0 Å². The third-order valence-electron chi connectivity index (χ3n) is 11.6. The maximum Gasteiger partial charge on any atom is 0.407 e. The van der Waals surface area contributed by atoms with Gasteiger partial charge >= 0.3 is 12.1 Å². The average Bonchev–Trinajstić information content (AvgIpc) is 3.83. The number of allylic oxidation sites excluding steroid dienone is 3. The maximum atomic E-state index is 14.2. The monoisotopic (exact) mass is 862 g/mol. The zero-order chi connectivity index (χ0) is 43.3. The summed E-state index contributed by atoms with van der Waals surface area (Å²) < 4.78 is 29.6. The van der Waals surface area contributed by atoms with E-state index in [1.807, 2.05) is 32.1 Å². The first-order valence-corrected chi connectivity index (χ1v) is 21.0. The number of methoxy groups -OCH3 is 2. The number of likely N-dealkylation sites (tertiary alicyclic amines) is 1. The number of carbonyl (C=O) groups excluding carboxylic acids is 6. The normalized spacial score (nSPS) is 30.7. The lowest BCUT2D eigenvalue weighted by Crippen LogP contribution is -2.53. The molecule has 5 rings (SSSR count). The van der Waals surface area contributed by atoms with E-state index in [9.17, 15) is 33.9 Å². The van der Waals surface area contributed by atoms with Crippen molar-refractivity contribution in [1.82, 2.24) is 15.1 Å². The Balaban J connectivity index is 1.38. The largest absolute Gasteiger partial charge is 0.495 e. The maximum absolute atomic E-state index is 14.2. The van der Waals surface area contributed by atoms with Crippen LogP contribution >= 0.6 is 23.4 Å². The molecule has 3 saturated heterocycles. The second kappa shape index (κ2) is 19.5. The smallest absolute Gasteiger partial charge is 0.407 e. The number of thioether (sulfide) groups is 1. The van der Waals surface area contributed by atoms with Crippen molar-refractivity contribution in [3.05, 3.63) is 46.5 Å². The standard InChI is InChI=1S/C41H55ClN4O12S/c1-22-10-9-11-28(54-7)26-19-29(56-40(53)43-26)23(2)37-41(4,58-37)32(21-34(49)45(6)27-17-25(16-22)18-30(55-8)36(27)42)57-39(52)24(3)44(5)33(48)12-15-59-31-20-35(50)46(13-14-47)38(31)51/h9-11,17-18,23-24,26,28-29,31-32,37,47H,12-16,19-21H2,1-8H3,(H,43,53)/b11-9+,22-10+/t23-,24+,26?,28-,29+,31?,32+,37+,41+/m1/s1. The van der Waals surface area contributed by atoms with Crippen LogP contribution < -0.4 is 15.0 Å². The number of nitrogens with zero attached hydrogens (tertiary/aromatic N) is 3. The van der Waals surface area contributed by atoms with E-state index in [1.165, 1.54) is 42.6 Å². The molecule has 1 aromatic carbocycles. The molecule has 5 amide bonds. The zero-order valence-electron chi connectivity index (χ0n) is 34.7. The van der Waals surface area contributed by atoms with Gasteiger partial charge in [-0.1, -0.05) is 42.3 Å². The molecule has 59 heavy (non-hydrogen) atoms. The van der Waals surface area contributed by atoms with E-state index in [-0.39, 0.29) is 49.1 Å². The number of epoxide rings is 1. The number of imide groups is 1. The first kappa shape index (κ1) is 45.9. The van der Waals surface area contributed by atoms with Crippen LogP contribution in [-0.4, -0.2) is 145 Å². The minimum absolute atomic E-state index is 0.0140. The molecule has 2 unspecified atom stereocenters. The number of carbonyl (C=O) groups is 6. The Hall–Kier alpha value is -4.16. The molecule has 18 heteroatoms. The lowest BCUT2D eigenvalue weighted by Gasteiger charge is -2.36. The SMILES string of the molecule is COc1cc2cc(c1Cl)N(C)C(=O)C[C@H](OC(=O)[C@H](C)N(C)C(=O)CCSC1CC(=O)N(CCO)C1=O)[C@]1(C)O[C@H]1[C@H](C)[C@@H]1CC(NC(=O)O1)[C@H](OC)/C=C/C=C(\C)C2. The molecule has 4 aliphatic rings. The van der Waals surface area contributed by atoms with Crippen LogP contribution in [0, 0.1) is 5.92 Å². The summed E-state index contributed by atoms with van der Waals surface area (Å²) in [7, 11) is 6.09. The van der Waals surface area contributed by atoms with Gasteiger partial charge in [-0.3, -0.25) is 24.1 Å². The second-order valence-electron chi connectivity index (χ2n) is 15.6. The summed E-state index contributed by atoms with van der Waals surface area (Å²) >= 11 is 7.95. The van der Waals surface area contributed by atoms with Gasteiger partial charge in [0.1, 0.15) is 34.6 Å². The van der Waals surface area contributed by atoms with Crippen molar-refractivity contribution < 1.29 is 57.6 Å². The molecule has 9 atom stereocenters. The molecule has 0 saturated carbocycles. The number of esters is 1. The van der Waals surface area contributed by atoms with Gasteiger partial charge in [-0.2, -0.15) is 0 Å². The number of rotatable bonds is 11. The fraction of sp³-hybridized carbons (Fsp3) is 0.610. The summed E-state index contributed by atoms with van der Waals surface area (Å²) in [5.41, 5.74) is 1.00. The Labute approximate surface area is 353 Å². The number of fused-ring (bicyclic) bond motifs is 5. The number of nitrogens with one attached hydrogen (secondary N) is 1. The number of hydrogen-bond donors (Lipinski definition) is 2. The van der Waals surface area contributed by atoms with Gasteiger partial charge < -0.3 is 43.9 Å². The van der Waals surface area contributed by atoms with Gasteiger partial charge in [-0.15, -0.1) is 11.8 Å². The Morgan fingerprint density at radius 1 is 1.17 bits per heavy atom. The average molecular weight is 863 g/mol. The quantitative estimate of drug-likeness (QED) is 0.187. The Morgan fingerprint density at radius 2 is 1.90 bits per heavy atom. The summed E-state index contributed by atoms with van der Waals surface area (Å²) in [6, 6.07) is 2.10. The number of β-amino-alcohol motifs (C(OH)–C–C–N with tert-alkyl or cyclic N) is 1. The molecule has 0 spiro atoms. The van der Waals surface area contributed by atoms with E-state index in [2.05, 4.69) is 5.32 Å². The predicted octanol–water partition coefficient (Wildman–Crippen LogP) is 3.44. The van der Waals surface area contributed by atoms with Gasteiger partial charge in [0.2, 0.25) is 23.6 Å². The minimum atomic E-state index is -1.19. The molecule has 4 bridgehead atoms. The number of aliphatic hydroxyl groups is 1. The van der Waals surface area contributed by atoms with Crippen LogP contribution in [0.25, 0.3) is 0 Å². The van der Waals surface area contributed by atoms with Crippen LogP contribution in [0.5, 0.6) is 5.75 Å². The highest BCUT2D eigenvalue weighted by Gasteiger charge is 2.64. The summed E-state index contributed by atoms with van der Waals surface area (Å²) in [6.07, 6.45) is 2.77. The lowest BCUT2D eigenvalue weighted by molar-refractivity contribution is -0.162. The van der Waals surface area contributed by atoms with Crippen molar-refractivity contribution in [3.63, 3.8) is 0 Å². The van der Waals surface area contributed by atoms with Gasteiger partial charge in [0.05, 0.1) is 55.9 Å². The van der Waals surface area contributed by atoms with Crippen molar-refractivity contribution in [2.24, 2.45) is 5.92 Å².